The van der Waals surface area contributed by atoms with Gasteiger partial charge in [-0.15, -0.1) is 0 Å². The Bertz CT molecular complexity index is 488. The molecule has 0 spiro atoms. The maximum atomic E-state index is 4.25. The molecule has 0 aliphatic rings. The minimum atomic E-state index is 0.296. The van der Waals surface area contributed by atoms with Crippen molar-refractivity contribution in [1.29, 1.82) is 0 Å². The third-order valence-electron chi connectivity index (χ3n) is 2.88. The van der Waals surface area contributed by atoms with Gasteiger partial charge < -0.3 is 5.32 Å². The van der Waals surface area contributed by atoms with Crippen LogP contribution in [0, 0.1) is 6.92 Å². The Balaban J connectivity index is 2.08. The van der Waals surface area contributed by atoms with Crippen LogP contribution in [0.5, 0.6) is 0 Å². The van der Waals surface area contributed by atoms with Crippen molar-refractivity contribution >= 4 is 5.69 Å². The smallest absolute Gasteiger partial charge is 0.0731 e. The molecule has 0 aliphatic carbocycles. The molecule has 3 heteroatoms. The first-order valence-electron chi connectivity index (χ1n) is 6.04. The number of rotatable bonds is 4. The van der Waals surface area contributed by atoms with Crippen molar-refractivity contribution in [1.82, 2.24) is 9.78 Å². The highest BCUT2D eigenvalue weighted by molar-refractivity contribution is 5.41. The summed E-state index contributed by atoms with van der Waals surface area (Å²) in [5, 5.41) is 7.71. The summed E-state index contributed by atoms with van der Waals surface area (Å²) < 4.78 is 1.92. The van der Waals surface area contributed by atoms with Crippen molar-refractivity contribution in [3.63, 3.8) is 0 Å². The van der Waals surface area contributed by atoms with E-state index in [0.29, 0.717) is 6.04 Å². The lowest BCUT2D eigenvalue weighted by Gasteiger charge is -2.14. The van der Waals surface area contributed by atoms with Gasteiger partial charge in [-0.3, -0.25) is 4.68 Å². The highest BCUT2D eigenvalue weighted by Crippen LogP contribution is 2.19. The number of aromatic nitrogens is 2. The second-order valence-electron chi connectivity index (χ2n) is 4.36. The van der Waals surface area contributed by atoms with Crippen LogP contribution in [0.3, 0.4) is 0 Å². The van der Waals surface area contributed by atoms with E-state index in [0.717, 1.165) is 12.2 Å². The van der Waals surface area contributed by atoms with Gasteiger partial charge in [-0.25, -0.2) is 0 Å². The molecule has 1 atom stereocenters. The molecule has 0 saturated carbocycles. The minimum absolute atomic E-state index is 0.296. The number of anilines is 1. The fraction of sp³-hybridized carbons (Fsp3) is 0.357. The Hall–Kier alpha value is -1.77. The highest BCUT2D eigenvalue weighted by Gasteiger charge is 2.06. The van der Waals surface area contributed by atoms with Gasteiger partial charge in [0.05, 0.1) is 11.9 Å². The van der Waals surface area contributed by atoms with Crippen molar-refractivity contribution in [2.45, 2.75) is 33.4 Å². The van der Waals surface area contributed by atoms with Crippen LogP contribution in [-0.4, -0.2) is 9.78 Å². The van der Waals surface area contributed by atoms with Gasteiger partial charge in [-0.2, -0.15) is 5.10 Å². The lowest BCUT2D eigenvalue weighted by Crippen LogP contribution is -2.06. The third kappa shape index (κ3) is 2.87. The Morgan fingerprint density at radius 3 is 2.88 bits per heavy atom. The molecule has 1 aromatic carbocycles. The van der Waals surface area contributed by atoms with Crippen molar-refractivity contribution in [3.8, 4) is 0 Å². The Labute approximate surface area is 102 Å². The number of nitrogens with one attached hydrogen (secondary N) is 1. The lowest BCUT2D eigenvalue weighted by molar-refractivity contribution is 0.660. The zero-order valence-corrected chi connectivity index (χ0v) is 10.6. The molecule has 2 aromatic rings. The van der Waals surface area contributed by atoms with E-state index in [-0.39, 0.29) is 0 Å². The summed E-state index contributed by atoms with van der Waals surface area (Å²) in [5.41, 5.74) is 3.66. The number of benzene rings is 1. The molecule has 0 radical (unpaired) electrons. The SMILES string of the molecule is CCn1cc(NC(C)c2cccc(C)c2)cn1. The fourth-order valence-electron chi connectivity index (χ4n) is 1.88. The molecular formula is C14H19N3. The van der Waals surface area contributed by atoms with Crippen LogP contribution < -0.4 is 5.32 Å². The fourth-order valence-corrected chi connectivity index (χ4v) is 1.88. The van der Waals surface area contributed by atoms with E-state index < -0.39 is 0 Å². The van der Waals surface area contributed by atoms with Gasteiger partial charge in [-0.1, -0.05) is 29.8 Å². The first kappa shape index (κ1) is 11.7. The normalized spacial score (nSPS) is 12.4. The molecule has 0 aliphatic heterocycles. The van der Waals surface area contributed by atoms with Gasteiger partial charge in [0.15, 0.2) is 0 Å². The minimum Gasteiger partial charge on any atom is -0.376 e. The molecule has 1 heterocycles. The summed E-state index contributed by atoms with van der Waals surface area (Å²) in [5.74, 6) is 0. The average molecular weight is 229 g/mol. The second kappa shape index (κ2) is 5.04. The molecule has 0 saturated heterocycles. The molecule has 1 unspecified atom stereocenters. The molecule has 17 heavy (non-hydrogen) atoms. The third-order valence-corrected chi connectivity index (χ3v) is 2.88. The second-order valence-corrected chi connectivity index (χ2v) is 4.36. The molecular weight excluding hydrogens is 210 g/mol. The topological polar surface area (TPSA) is 29.9 Å². The average Bonchev–Trinajstić information content (AvgIpc) is 2.77. The zero-order chi connectivity index (χ0) is 12.3. The van der Waals surface area contributed by atoms with E-state index in [2.05, 4.69) is 55.5 Å². The molecule has 2 rings (SSSR count). The molecule has 1 aromatic heterocycles. The summed E-state index contributed by atoms with van der Waals surface area (Å²) in [6.45, 7) is 7.27. The summed E-state index contributed by atoms with van der Waals surface area (Å²) in [6.07, 6.45) is 3.90. The monoisotopic (exact) mass is 229 g/mol. The van der Waals surface area contributed by atoms with E-state index >= 15 is 0 Å². The van der Waals surface area contributed by atoms with E-state index in [4.69, 9.17) is 0 Å². The van der Waals surface area contributed by atoms with Crippen LogP contribution in [0.4, 0.5) is 5.69 Å². The van der Waals surface area contributed by atoms with Crippen molar-refractivity contribution < 1.29 is 0 Å². The van der Waals surface area contributed by atoms with Crippen LogP contribution in [0.1, 0.15) is 31.0 Å². The first-order chi connectivity index (χ1) is 8.19. The maximum absolute atomic E-state index is 4.25. The van der Waals surface area contributed by atoms with E-state index in [1.807, 2.05) is 17.1 Å². The van der Waals surface area contributed by atoms with Crippen LogP contribution in [-0.2, 0) is 6.54 Å². The number of hydrogen-bond donors (Lipinski definition) is 1. The number of nitrogens with zero attached hydrogens (tertiary/aromatic N) is 2. The van der Waals surface area contributed by atoms with Crippen molar-refractivity contribution in [2.24, 2.45) is 0 Å². The van der Waals surface area contributed by atoms with E-state index in [1.54, 1.807) is 0 Å². The molecule has 1 N–H and O–H groups in total. The summed E-state index contributed by atoms with van der Waals surface area (Å²) >= 11 is 0. The largest absolute Gasteiger partial charge is 0.376 e. The van der Waals surface area contributed by atoms with Crippen LogP contribution in [0.15, 0.2) is 36.7 Å². The van der Waals surface area contributed by atoms with E-state index in [1.165, 1.54) is 11.1 Å². The predicted molar refractivity (Wildman–Crippen MR) is 71.1 cm³/mol. The van der Waals surface area contributed by atoms with Gasteiger partial charge in [-0.05, 0) is 26.3 Å². The van der Waals surface area contributed by atoms with Gasteiger partial charge in [0.25, 0.3) is 0 Å². The number of hydrogen-bond acceptors (Lipinski definition) is 2. The standard InChI is InChI=1S/C14H19N3/c1-4-17-10-14(9-15-17)16-12(3)13-7-5-6-11(2)8-13/h5-10,12,16H,4H2,1-3H3. The molecule has 3 nitrogen and oxygen atoms in total. The van der Waals surface area contributed by atoms with Crippen LogP contribution in [0.25, 0.3) is 0 Å². The predicted octanol–water partition coefficient (Wildman–Crippen LogP) is 3.38. The highest BCUT2D eigenvalue weighted by atomic mass is 15.3. The van der Waals surface area contributed by atoms with Crippen LogP contribution in [0.2, 0.25) is 0 Å². The van der Waals surface area contributed by atoms with Gasteiger partial charge in [0, 0.05) is 18.8 Å². The van der Waals surface area contributed by atoms with Gasteiger partial charge in [0.2, 0.25) is 0 Å². The quantitative estimate of drug-likeness (QED) is 0.871. The Morgan fingerprint density at radius 2 is 2.24 bits per heavy atom. The molecule has 90 valence electrons. The Kier molecular flexibility index (Phi) is 3.47. The maximum Gasteiger partial charge on any atom is 0.0731 e. The molecule has 0 amide bonds. The lowest BCUT2D eigenvalue weighted by atomic mass is 10.1. The zero-order valence-electron chi connectivity index (χ0n) is 10.6. The summed E-state index contributed by atoms with van der Waals surface area (Å²) in [7, 11) is 0. The van der Waals surface area contributed by atoms with Gasteiger partial charge in [0.1, 0.15) is 0 Å². The molecule has 0 fully saturated rings. The van der Waals surface area contributed by atoms with Crippen LogP contribution >= 0.6 is 0 Å². The Morgan fingerprint density at radius 1 is 1.41 bits per heavy atom. The summed E-state index contributed by atoms with van der Waals surface area (Å²) in [6, 6.07) is 8.87. The molecule has 0 bridgehead atoms. The van der Waals surface area contributed by atoms with Crippen molar-refractivity contribution in [3.05, 3.63) is 47.8 Å². The first-order valence-corrected chi connectivity index (χ1v) is 6.04. The van der Waals surface area contributed by atoms with Gasteiger partial charge >= 0.3 is 0 Å². The summed E-state index contributed by atoms with van der Waals surface area (Å²) in [4.78, 5) is 0. The van der Waals surface area contributed by atoms with E-state index in [9.17, 15) is 0 Å². The van der Waals surface area contributed by atoms with Crippen molar-refractivity contribution in [2.75, 3.05) is 5.32 Å². The number of aryl methyl sites for hydroxylation is 2.